The third kappa shape index (κ3) is 42.6. The Balaban J connectivity index is 4.27. The van der Waals surface area contributed by atoms with Crippen LogP contribution in [0.5, 0.6) is 0 Å². The highest BCUT2D eigenvalue weighted by atomic mass is 16.6. The van der Waals surface area contributed by atoms with Gasteiger partial charge in [-0.2, -0.15) is 0 Å². The van der Waals surface area contributed by atoms with E-state index in [4.69, 9.17) is 14.2 Å². The first kappa shape index (κ1) is 58.6. The third-order valence-corrected chi connectivity index (χ3v) is 11.6. The molecule has 0 saturated heterocycles. The summed E-state index contributed by atoms with van der Waals surface area (Å²) in [6.07, 6.45) is 51.7. The van der Waals surface area contributed by atoms with E-state index >= 15 is 0 Å². The maximum atomic E-state index is 12.8. The van der Waals surface area contributed by atoms with Crippen molar-refractivity contribution in [3.05, 3.63) is 36.5 Å². The lowest BCUT2D eigenvalue weighted by atomic mass is 10.0. The lowest BCUT2D eigenvalue weighted by molar-refractivity contribution is -0.889. The molecule has 0 aromatic rings. The summed E-state index contributed by atoms with van der Waals surface area (Å²) in [6.45, 7) is 4.66. The molecule has 0 spiro atoms. The number of carbonyl (C=O) groups is 3. The molecule has 0 bridgehead atoms. The molecule has 0 saturated carbocycles. The van der Waals surface area contributed by atoms with Crippen LogP contribution in [0.3, 0.4) is 0 Å². The lowest BCUT2D eigenvalue weighted by Crippen LogP contribution is -2.55. The van der Waals surface area contributed by atoms with Crippen LogP contribution < -0.4 is 5.11 Å². The number of carboxylic acid groups (broad SMARTS) is 1. The smallest absolute Gasteiger partial charge is 0.306 e. The second-order valence-corrected chi connectivity index (χ2v) is 18.5. The maximum Gasteiger partial charge on any atom is 0.306 e. The van der Waals surface area contributed by atoms with E-state index in [1.165, 1.54) is 135 Å². The van der Waals surface area contributed by atoms with Crippen LogP contribution in [0.2, 0.25) is 0 Å². The van der Waals surface area contributed by atoms with Gasteiger partial charge in [-0.1, -0.05) is 211 Å². The molecule has 0 N–H and O–H groups in total. The first-order valence-corrected chi connectivity index (χ1v) is 25.5. The zero-order chi connectivity index (χ0) is 44.9. The van der Waals surface area contributed by atoms with Crippen molar-refractivity contribution < 1.29 is 38.2 Å². The Morgan fingerprint density at radius 3 is 1.26 bits per heavy atom. The Morgan fingerprint density at radius 2 is 0.869 bits per heavy atom. The quantitative estimate of drug-likeness (QED) is 0.0260. The van der Waals surface area contributed by atoms with Crippen molar-refractivity contribution in [3.63, 3.8) is 0 Å². The molecule has 0 aromatic heterocycles. The number of carboxylic acids is 1. The van der Waals surface area contributed by atoms with Crippen LogP contribution >= 0.6 is 0 Å². The largest absolute Gasteiger partial charge is 0.544 e. The third-order valence-electron chi connectivity index (χ3n) is 11.6. The average molecular weight is 860 g/mol. The Bertz CT molecular complexity index is 1090. The number of allylic oxidation sites excluding steroid dienone is 6. The van der Waals surface area contributed by atoms with E-state index in [9.17, 15) is 19.5 Å². The van der Waals surface area contributed by atoms with Crippen molar-refractivity contribution in [2.24, 2.45) is 0 Å². The first-order chi connectivity index (χ1) is 29.6. The summed E-state index contributed by atoms with van der Waals surface area (Å²) in [7, 11) is 5.41. The Hall–Kier alpha value is -2.45. The fourth-order valence-corrected chi connectivity index (χ4v) is 7.60. The SMILES string of the molecule is CCCCCCC/C=C/C=C/C=C/CCCCCCCC(=O)OC(COCCC(C(=O)[O-])[N+](C)(C)C)COC(=O)CCCCCCCCCCCCCCCCCCCCC. The van der Waals surface area contributed by atoms with Crippen molar-refractivity contribution in [2.45, 2.75) is 244 Å². The van der Waals surface area contributed by atoms with Gasteiger partial charge in [-0.3, -0.25) is 9.59 Å². The molecule has 61 heavy (non-hydrogen) atoms. The van der Waals surface area contributed by atoms with Gasteiger partial charge in [0.25, 0.3) is 0 Å². The predicted octanol–water partition coefficient (Wildman–Crippen LogP) is 13.3. The van der Waals surface area contributed by atoms with Crippen LogP contribution in [-0.2, 0) is 28.6 Å². The molecule has 2 unspecified atom stereocenters. The van der Waals surface area contributed by atoms with Gasteiger partial charge >= 0.3 is 11.9 Å². The van der Waals surface area contributed by atoms with Crippen LogP contribution in [0.25, 0.3) is 0 Å². The Morgan fingerprint density at radius 1 is 0.492 bits per heavy atom. The molecule has 8 nitrogen and oxygen atoms in total. The number of ether oxygens (including phenoxy) is 3. The van der Waals surface area contributed by atoms with Gasteiger partial charge in [0.1, 0.15) is 12.6 Å². The molecule has 0 aliphatic carbocycles. The summed E-state index contributed by atoms with van der Waals surface area (Å²) in [6, 6.07) is -0.729. The first-order valence-electron chi connectivity index (χ1n) is 25.5. The van der Waals surface area contributed by atoms with Gasteiger partial charge in [-0.25, -0.2) is 0 Å². The topological polar surface area (TPSA) is 102 Å². The van der Waals surface area contributed by atoms with Crippen molar-refractivity contribution in [1.29, 1.82) is 0 Å². The highest BCUT2D eigenvalue weighted by Crippen LogP contribution is 2.16. The second-order valence-electron chi connectivity index (χ2n) is 18.5. The van der Waals surface area contributed by atoms with E-state index in [-0.39, 0.29) is 42.7 Å². The van der Waals surface area contributed by atoms with Crippen LogP contribution in [0.15, 0.2) is 36.5 Å². The summed E-state index contributed by atoms with van der Waals surface area (Å²) in [4.78, 5) is 37.0. The molecular formula is C53H97NO7. The Labute approximate surface area is 376 Å². The number of unbranched alkanes of at least 4 members (excludes halogenated alkanes) is 28. The van der Waals surface area contributed by atoms with Gasteiger partial charge in [0, 0.05) is 19.3 Å². The normalized spacial score (nSPS) is 13.1. The molecule has 0 heterocycles. The monoisotopic (exact) mass is 860 g/mol. The van der Waals surface area contributed by atoms with Crippen molar-refractivity contribution >= 4 is 17.9 Å². The zero-order valence-electron chi connectivity index (χ0n) is 40.6. The van der Waals surface area contributed by atoms with Crippen molar-refractivity contribution in [2.75, 3.05) is 41.0 Å². The minimum Gasteiger partial charge on any atom is -0.544 e. The molecule has 356 valence electrons. The van der Waals surface area contributed by atoms with Crippen LogP contribution in [0, 0.1) is 0 Å². The summed E-state index contributed by atoms with van der Waals surface area (Å²) in [5.74, 6) is -1.75. The number of quaternary nitrogens is 1. The molecule has 0 aliphatic rings. The van der Waals surface area contributed by atoms with Gasteiger partial charge in [0.15, 0.2) is 6.10 Å². The van der Waals surface area contributed by atoms with E-state index in [2.05, 4.69) is 50.3 Å². The van der Waals surface area contributed by atoms with Gasteiger partial charge in [-0.15, -0.1) is 0 Å². The highest BCUT2D eigenvalue weighted by Gasteiger charge is 2.25. The summed E-state index contributed by atoms with van der Waals surface area (Å²) in [5.41, 5.74) is 0. The minimum atomic E-state index is -1.13. The predicted molar refractivity (Wildman–Crippen MR) is 254 cm³/mol. The number of rotatable bonds is 46. The molecule has 0 aliphatic heterocycles. The van der Waals surface area contributed by atoms with Crippen molar-refractivity contribution in [3.8, 4) is 0 Å². The molecule has 8 heteroatoms. The van der Waals surface area contributed by atoms with Crippen LogP contribution in [-0.4, -0.2) is 75.5 Å². The molecule has 0 rings (SSSR count). The standard InChI is InChI=1S/C53H97NO7/c1-6-8-10-12-14-16-18-20-22-24-26-28-29-31-33-35-37-39-41-43-51(55)60-48-49(47-59-46-45-50(53(57)58)54(3,4)5)61-52(56)44-42-40-38-36-34-32-30-27-25-23-21-19-17-15-13-11-9-7-2/h19,21,23,25,27,30,49-50H,6-18,20,22,24,26,28-29,31-48H2,1-5H3/b21-19+,25-23+,30-27+. The fourth-order valence-electron chi connectivity index (χ4n) is 7.60. The van der Waals surface area contributed by atoms with Crippen LogP contribution in [0.4, 0.5) is 0 Å². The van der Waals surface area contributed by atoms with E-state index in [0.29, 0.717) is 12.8 Å². The molecule has 0 fully saturated rings. The zero-order valence-corrected chi connectivity index (χ0v) is 40.6. The average Bonchev–Trinajstić information content (AvgIpc) is 3.22. The second kappa shape index (κ2) is 44.2. The summed E-state index contributed by atoms with van der Waals surface area (Å²) >= 11 is 0. The maximum absolute atomic E-state index is 12.8. The lowest BCUT2D eigenvalue weighted by Gasteiger charge is -2.34. The molecule has 2 atom stereocenters. The molecular weight excluding hydrogens is 763 g/mol. The Kier molecular flexibility index (Phi) is 42.4. The molecule has 0 radical (unpaired) electrons. The number of carbonyl (C=O) groups excluding carboxylic acids is 3. The number of likely N-dealkylation sites (N-methyl/N-ethyl adjacent to an activating group) is 1. The number of hydrogen-bond acceptors (Lipinski definition) is 7. The fraction of sp³-hybridized carbons (Fsp3) is 0.830. The number of nitrogens with zero attached hydrogens (tertiary/aromatic N) is 1. The van der Waals surface area contributed by atoms with E-state index < -0.39 is 18.1 Å². The number of aliphatic carboxylic acids is 1. The van der Waals surface area contributed by atoms with Gasteiger partial charge in [0.2, 0.25) is 0 Å². The number of hydrogen-bond donors (Lipinski definition) is 0. The summed E-state index contributed by atoms with van der Waals surface area (Å²) < 4.78 is 17.2. The van der Waals surface area contributed by atoms with Gasteiger partial charge < -0.3 is 28.6 Å². The minimum absolute atomic E-state index is 0.0350. The summed E-state index contributed by atoms with van der Waals surface area (Å²) in [5, 5.41) is 11.7. The van der Waals surface area contributed by atoms with E-state index in [1.54, 1.807) is 21.1 Å². The molecule has 0 amide bonds. The van der Waals surface area contributed by atoms with E-state index in [0.717, 1.165) is 64.2 Å². The van der Waals surface area contributed by atoms with Gasteiger partial charge in [0.05, 0.1) is 40.3 Å². The van der Waals surface area contributed by atoms with Crippen molar-refractivity contribution in [1.82, 2.24) is 0 Å². The van der Waals surface area contributed by atoms with Crippen LogP contribution in [0.1, 0.15) is 232 Å². The molecule has 0 aromatic carbocycles. The van der Waals surface area contributed by atoms with Gasteiger partial charge in [-0.05, 0) is 38.5 Å². The number of esters is 2. The van der Waals surface area contributed by atoms with E-state index in [1.807, 2.05) is 0 Å². The highest BCUT2D eigenvalue weighted by molar-refractivity contribution is 5.70.